The second kappa shape index (κ2) is 5.35. The Morgan fingerprint density at radius 1 is 1.38 bits per heavy atom. The minimum Gasteiger partial charge on any atom is -0.462 e. The monoisotopic (exact) mass is 286 g/mol. The molecule has 0 amide bonds. The number of aryl methyl sites for hydroxylation is 1. The van der Waals surface area contributed by atoms with Crippen LogP contribution in [-0.4, -0.2) is 18.4 Å². The van der Waals surface area contributed by atoms with Crippen molar-refractivity contribution in [2.75, 3.05) is 6.61 Å². The number of rotatable bonds is 4. The molecule has 1 aromatic carbocycles. The number of esters is 1. The Kier molecular flexibility index (Phi) is 3.53. The van der Waals surface area contributed by atoms with Crippen LogP contribution in [0.25, 0.3) is 11.0 Å². The summed E-state index contributed by atoms with van der Waals surface area (Å²) in [5.41, 5.74) is 2.34. The molecule has 0 unspecified atom stereocenters. The van der Waals surface area contributed by atoms with E-state index < -0.39 is 0 Å². The molecule has 1 heterocycles. The highest BCUT2D eigenvalue weighted by molar-refractivity contribution is 6.04. The molecule has 3 rings (SSSR count). The maximum atomic E-state index is 12.1. The molecule has 0 spiro atoms. The third-order valence-electron chi connectivity index (χ3n) is 3.97. The van der Waals surface area contributed by atoms with E-state index in [1.807, 2.05) is 18.2 Å². The molecule has 1 aliphatic rings. The first-order chi connectivity index (χ1) is 10.1. The van der Waals surface area contributed by atoms with E-state index in [1.165, 1.54) is 0 Å². The number of Topliss-reactive ketones (excluding diaryl/α,β-unsaturated/α-hetero) is 1. The number of fused-ring (bicyclic) bond motifs is 1. The van der Waals surface area contributed by atoms with Gasteiger partial charge in [-0.05, 0) is 43.9 Å². The largest absolute Gasteiger partial charge is 0.462 e. The summed E-state index contributed by atoms with van der Waals surface area (Å²) < 4.78 is 10.7. The first-order valence-corrected chi connectivity index (χ1v) is 7.29. The summed E-state index contributed by atoms with van der Waals surface area (Å²) in [6, 6.07) is 5.88. The van der Waals surface area contributed by atoms with Crippen molar-refractivity contribution in [2.24, 2.45) is 5.92 Å². The van der Waals surface area contributed by atoms with Crippen LogP contribution in [0.2, 0.25) is 0 Å². The highest BCUT2D eigenvalue weighted by atomic mass is 16.5. The van der Waals surface area contributed by atoms with Crippen LogP contribution in [0.4, 0.5) is 0 Å². The van der Waals surface area contributed by atoms with E-state index in [1.54, 1.807) is 13.8 Å². The maximum Gasteiger partial charge on any atom is 0.342 e. The maximum absolute atomic E-state index is 12.1. The van der Waals surface area contributed by atoms with Gasteiger partial charge in [0.05, 0.1) is 6.61 Å². The molecular formula is C17H18O4. The Morgan fingerprint density at radius 2 is 2.14 bits per heavy atom. The number of carbonyl (C=O) groups excluding carboxylic acids is 2. The molecule has 0 radical (unpaired) electrons. The van der Waals surface area contributed by atoms with Gasteiger partial charge in [-0.3, -0.25) is 4.79 Å². The predicted molar refractivity (Wildman–Crippen MR) is 78.3 cm³/mol. The Labute approximate surface area is 123 Å². The van der Waals surface area contributed by atoms with Crippen LogP contribution in [0.3, 0.4) is 0 Å². The number of ketones is 1. The van der Waals surface area contributed by atoms with Crippen molar-refractivity contribution in [1.82, 2.24) is 0 Å². The zero-order valence-corrected chi connectivity index (χ0v) is 12.3. The number of benzene rings is 1. The van der Waals surface area contributed by atoms with E-state index >= 15 is 0 Å². The van der Waals surface area contributed by atoms with Gasteiger partial charge in [-0.1, -0.05) is 6.07 Å². The average Bonchev–Trinajstić information content (AvgIpc) is 2.72. The van der Waals surface area contributed by atoms with E-state index in [-0.39, 0.29) is 5.97 Å². The summed E-state index contributed by atoms with van der Waals surface area (Å²) in [5.74, 6) is 1.02. The summed E-state index contributed by atoms with van der Waals surface area (Å²) in [7, 11) is 0. The molecular weight excluding hydrogens is 268 g/mol. The van der Waals surface area contributed by atoms with Crippen molar-refractivity contribution in [2.45, 2.75) is 33.1 Å². The van der Waals surface area contributed by atoms with E-state index in [9.17, 15) is 9.59 Å². The minimum atomic E-state index is -0.343. The molecule has 0 saturated heterocycles. The van der Waals surface area contributed by atoms with E-state index in [0.29, 0.717) is 48.1 Å². The van der Waals surface area contributed by atoms with Gasteiger partial charge in [0, 0.05) is 18.2 Å². The van der Waals surface area contributed by atoms with Crippen LogP contribution in [-0.2, 0) is 16.0 Å². The van der Waals surface area contributed by atoms with Crippen LogP contribution in [0, 0.1) is 12.8 Å². The van der Waals surface area contributed by atoms with E-state index in [2.05, 4.69) is 0 Å². The predicted octanol–water partition coefficient (Wildman–Crippen LogP) is 3.44. The number of carbonyl (C=O) groups is 2. The lowest BCUT2D eigenvalue weighted by molar-refractivity contribution is -0.126. The number of furan rings is 1. The van der Waals surface area contributed by atoms with Gasteiger partial charge < -0.3 is 9.15 Å². The first-order valence-electron chi connectivity index (χ1n) is 7.29. The second-order valence-corrected chi connectivity index (χ2v) is 5.60. The van der Waals surface area contributed by atoms with Crippen LogP contribution >= 0.6 is 0 Å². The zero-order chi connectivity index (χ0) is 15.0. The molecule has 1 aliphatic carbocycles. The molecule has 0 aliphatic heterocycles. The Balaban J connectivity index is 1.93. The fraction of sp³-hybridized carbons (Fsp3) is 0.412. The average molecular weight is 286 g/mol. The Morgan fingerprint density at radius 3 is 2.81 bits per heavy atom. The van der Waals surface area contributed by atoms with Crippen molar-refractivity contribution in [1.29, 1.82) is 0 Å². The minimum absolute atomic E-state index is 0.340. The smallest absolute Gasteiger partial charge is 0.342 e. The van der Waals surface area contributed by atoms with Crippen molar-refractivity contribution in [3.05, 3.63) is 35.1 Å². The second-order valence-electron chi connectivity index (χ2n) is 5.60. The Hall–Kier alpha value is -2.10. The highest BCUT2D eigenvalue weighted by Gasteiger charge is 2.27. The fourth-order valence-corrected chi connectivity index (χ4v) is 2.91. The molecule has 0 bridgehead atoms. The SMILES string of the molecule is CCOC(=O)c1c(C)oc2ccc(CC3CC(=O)C3)cc12. The summed E-state index contributed by atoms with van der Waals surface area (Å²) in [6.07, 6.45) is 2.22. The fourth-order valence-electron chi connectivity index (χ4n) is 2.91. The van der Waals surface area contributed by atoms with Gasteiger partial charge >= 0.3 is 5.97 Å². The highest BCUT2D eigenvalue weighted by Crippen LogP contribution is 2.31. The molecule has 0 N–H and O–H groups in total. The quantitative estimate of drug-likeness (QED) is 0.808. The summed E-state index contributed by atoms with van der Waals surface area (Å²) in [6.45, 7) is 3.90. The lowest BCUT2D eigenvalue weighted by atomic mass is 9.79. The molecule has 1 fully saturated rings. The van der Waals surface area contributed by atoms with Gasteiger partial charge in [0.2, 0.25) is 0 Å². The van der Waals surface area contributed by atoms with Crippen molar-refractivity contribution in [3.63, 3.8) is 0 Å². The summed E-state index contributed by atoms with van der Waals surface area (Å²) in [4.78, 5) is 23.1. The van der Waals surface area contributed by atoms with Crippen LogP contribution in [0.5, 0.6) is 0 Å². The zero-order valence-electron chi connectivity index (χ0n) is 12.3. The standard InChI is InChI=1S/C17H18O4/c1-3-20-17(19)16-10(2)21-15-5-4-11(9-14(15)16)6-12-7-13(18)8-12/h4-5,9,12H,3,6-8H2,1-2H3. The van der Waals surface area contributed by atoms with Gasteiger partial charge in [-0.25, -0.2) is 4.79 Å². The lowest BCUT2D eigenvalue weighted by Gasteiger charge is -2.23. The molecule has 1 aromatic heterocycles. The van der Waals surface area contributed by atoms with Crippen molar-refractivity contribution in [3.8, 4) is 0 Å². The third kappa shape index (κ3) is 2.58. The molecule has 4 heteroatoms. The first kappa shape index (κ1) is 13.9. The summed E-state index contributed by atoms with van der Waals surface area (Å²) >= 11 is 0. The van der Waals surface area contributed by atoms with Crippen LogP contribution in [0.15, 0.2) is 22.6 Å². The summed E-state index contributed by atoms with van der Waals surface area (Å²) in [5, 5.41) is 0.800. The molecule has 1 saturated carbocycles. The molecule has 110 valence electrons. The molecule has 2 aromatic rings. The van der Waals surface area contributed by atoms with Gasteiger partial charge in [-0.15, -0.1) is 0 Å². The normalized spacial score (nSPS) is 15.2. The number of hydrogen-bond donors (Lipinski definition) is 0. The van der Waals surface area contributed by atoms with Gasteiger partial charge in [0.15, 0.2) is 0 Å². The van der Waals surface area contributed by atoms with Gasteiger partial charge in [0.25, 0.3) is 0 Å². The Bertz CT molecular complexity index is 703. The van der Waals surface area contributed by atoms with Gasteiger partial charge in [0.1, 0.15) is 22.7 Å². The number of ether oxygens (including phenoxy) is 1. The van der Waals surface area contributed by atoms with E-state index in [4.69, 9.17) is 9.15 Å². The van der Waals surface area contributed by atoms with Crippen LogP contribution in [0.1, 0.15) is 41.4 Å². The van der Waals surface area contributed by atoms with Crippen LogP contribution < -0.4 is 0 Å². The van der Waals surface area contributed by atoms with Crippen molar-refractivity contribution >= 4 is 22.7 Å². The third-order valence-corrected chi connectivity index (χ3v) is 3.97. The molecule has 0 atom stereocenters. The van der Waals surface area contributed by atoms with Gasteiger partial charge in [-0.2, -0.15) is 0 Å². The van der Waals surface area contributed by atoms with E-state index in [0.717, 1.165) is 17.4 Å². The lowest BCUT2D eigenvalue weighted by Crippen LogP contribution is -2.24. The topological polar surface area (TPSA) is 56.5 Å². The molecule has 21 heavy (non-hydrogen) atoms. The molecule has 4 nitrogen and oxygen atoms in total. The van der Waals surface area contributed by atoms with Crippen molar-refractivity contribution < 1.29 is 18.7 Å². The number of hydrogen-bond acceptors (Lipinski definition) is 4.